The number of hydrogen-bond donors (Lipinski definition) is 0. The second-order valence-corrected chi connectivity index (χ2v) is 5.84. The van der Waals surface area contributed by atoms with Crippen LogP contribution in [0.2, 0.25) is 0 Å². The van der Waals surface area contributed by atoms with Crippen LogP contribution in [0.5, 0.6) is 17.2 Å². The maximum atomic E-state index is 14.0. The molecule has 4 rings (SSSR count). The van der Waals surface area contributed by atoms with Crippen molar-refractivity contribution in [1.82, 2.24) is 0 Å². The van der Waals surface area contributed by atoms with Crippen LogP contribution in [0, 0.1) is 5.82 Å². The van der Waals surface area contributed by atoms with Crippen LogP contribution in [-0.2, 0) is 6.61 Å². The number of carbonyl (C=O) groups excluding carboxylic acids is 1. The molecular weight excluding hydrogens is 299 g/mol. The molecule has 1 unspecified atom stereocenters. The zero-order valence-electron chi connectivity index (χ0n) is 12.6. The van der Waals surface area contributed by atoms with Crippen molar-refractivity contribution in [3.63, 3.8) is 0 Å². The third-order valence-electron chi connectivity index (χ3n) is 4.25. The maximum absolute atomic E-state index is 14.0. The Kier molecular flexibility index (Phi) is 3.22. The van der Waals surface area contributed by atoms with E-state index in [1.165, 1.54) is 12.1 Å². The van der Waals surface area contributed by atoms with Crippen molar-refractivity contribution in [2.45, 2.75) is 25.9 Å². The van der Waals surface area contributed by atoms with Crippen LogP contribution in [0.15, 0.2) is 30.3 Å². The molecule has 0 spiro atoms. The number of halogens is 1. The number of fused-ring (bicyclic) bond motifs is 2. The molecule has 0 saturated carbocycles. The van der Waals surface area contributed by atoms with E-state index in [-0.39, 0.29) is 30.9 Å². The third kappa shape index (κ3) is 2.32. The summed E-state index contributed by atoms with van der Waals surface area (Å²) in [5, 5.41) is 0. The summed E-state index contributed by atoms with van der Waals surface area (Å²) in [5.74, 6) is 1.32. The lowest BCUT2D eigenvalue weighted by atomic mass is 10.0. The van der Waals surface area contributed by atoms with Crippen LogP contribution in [-0.4, -0.2) is 12.6 Å². The van der Waals surface area contributed by atoms with Gasteiger partial charge in [0.05, 0.1) is 5.56 Å². The first-order chi connectivity index (χ1) is 11.1. The molecule has 23 heavy (non-hydrogen) atoms. The first kappa shape index (κ1) is 14.1. The van der Waals surface area contributed by atoms with Gasteiger partial charge in [-0.05, 0) is 35.7 Å². The Balaban J connectivity index is 1.60. The molecule has 0 saturated heterocycles. The minimum Gasteiger partial charge on any atom is -0.488 e. The van der Waals surface area contributed by atoms with E-state index < -0.39 is 0 Å². The summed E-state index contributed by atoms with van der Waals surface area (Å²) >= 11 is 0. The Morgan fingerprint density at radius 1 is 1.22 bits per heavy atom. The van der Waals surface area contributed by atoms with Crippen molar-refractivity contribution in [2.75, 3.05) is 6.79 Å². The summed E-state index contributed by atoms with van der Waals surface area (Å²) in [6.07, 6.45) is 0.330. The molecule has 1 heterocycles. The van der Waals surface area contributed by atoms with Crippen molar-refractivity contribution in [3.8, 4) is 17.2 Å². The van der Waals surface area contributed by atoms with Crippen molar-refractivity contribution < 1.29 is 23.4 Å². The number of carbonyl (C=O) groups is 1. The highest BCUT2D eigenvalue weighted by atomic mass is 19.1. The average molecular weight is 314 g/mol. The normalized spacial score (nSPS) is 18.2. The van der Waals surface area contributed by atoms with Gasteiger partial charge in [-0.15, -0.1) is 0 Å². The van der Waals surface area contributed by atoms with Gasteiger partial charge in [0, 0.05) is 12.0 Å². The SMILES string of the molecule is CC1CC(=O)c2c(OCc3ccc4c(c3)OCO4)ccc(F)c21. The molecule has 1 atom stereocenters. The number of ketones is 1. The second-order valence-electron chi connectivity index (χ2n) is 5.84. The van der Waals surface area contributed by atoms with E-state index in [1.54, 1.807) is 0 Å². The molecule has 2 aromatic rings. The van der Waals surface area contributed by atoms with Gasteiger partial charge in [-0.3, -0.25) is 4.79 Å². The minimum absolute atomic E-state index is 0.0623. The summed E-state index contributed by atoms with van der Waals surface area (Å²) < 4.78 is 30.4. The summed E-state index contributed by atoms with van der Waals surface area (Å²) in [4.78, 5) is 12.1. The third-order valence-corrected chi connectivity index (χ3v) is 4.25. The number of rotatable bonds is 3. The number of benzene rings is 2. The summed E-state index contributed by atoms with van der Waals surface area (Å²) in [6.45, 7) is 2.35. The molecule has 118 valence electrons. The van der Waals surface area contributed by atoms with E-state index in [0.29, 0.717) is 34.8 Å². The van der Waals surface area contributed by atoms with Crippen molar-refractivity contribution in [2.24, 2.45) is 0 Å². The quantitative estimate of drug-likeness (QED) is 0.864. The topological polar surface area (TPSA) is 44.8 Å². The largest absolute Gasteiger partial charge is 0.488 e. The highest BCUT2D eigenvalue weighted by Gasteiger charge is 2.32. The summed E-state index contributed by atoms with van der Waals surface area (Å²) in [5.41, 5.74) is 1.75. The molecule has 0 N–H and O–H groups in total. The van der Waals surface area contributed by atoms with Gasteiger partial charge >= 0.3 is 0 Å². The van der Waals surface area contributed by atoms with E-state index in [0.717, 1.165) is 5.56 Å². The molecule has 2 aromatic carbocycles. The van der Waals surface area contributed by atoms with Crippen molar-refractivity contribution in [3.05, 3.63) is 52.8 Å². The van der Waals surface area contributed by atoms with Gasteiger partial charge in [-0.1, -0.05) is 13.0 Å². The highest BCUT2D eigenvalue weighted by Crippen LogP contribution is 2.40. The molecule has 2 aliphatic rings. The first-order valence-corrected chi connectivity index (χ1v) is 7.50. The Labute approximate surface area is 132 Å². The Morgan fingerprint density at radius 3 is 2.91 bits per heavy atom. The lowest BCUT2D eigenvalue weighted by molar-refractivity contribution is 0.0986. The fourth-order valence-corrected chi connectivity index (χ4v) is 3.14. The maximum Gasteiger partial charge on any atom is 0.231 e. The molecule has 4 nitrogen and oxygen atoms in total. The lowest BCUT2D eigenvalue weighted by Gasteiger charge is -2.12. The van der Waals surface area contributed by atoms with Gasteiger partial charge in [0.15, 0.2) is 17.3 Å². The van der Waals surface area contributed by atoms with Crippen LogP contribution in [0.4, 0.5) is 4.39 Å². The fourth-order valence-electron chi connectivity index (χ4n) is 3.14. The monoisotopic (exact) mass is 314 g/mol. The van der Waals surface area contributed by atoms with Crippen LogP contribution in [0.1, 0.15) is 40.7 Å². The molecule has 0 radical (unpaired) electrons. The molecule has 0 bridgehead atoms. The van der Waals surface area contributed by atoms with Gasteiger partial charge in [-0.25, -0.2) is 4.39 Å². The summed E-state index contributed by atoms with van der Waals surface area (Å²) in [7, 11) is 0. The molecule has 0 aromatic heterocycles. The van der Waals surface area contributed by atoms with Gasteiger partial charge in [0.2, 0.25) is 6.79 Å². The zero-order valence-corrected chi connectivity index (χ0v) is 12.6. The zero-order chi connectivity index (χ0) is 16.0. The van der Waals surface area contributed by atoms with E-state index in [1.807, 2.05) is 25.1 Å². The van der Waals surface area contributed by atoms with Crippen LogP contribution < -0.4 is 14.2 Å². The molecule has 5 heteroatoms. The standard InChI is InChI=1S/C18H15FO4/c1-10-6-13(20)18-15(5-3-12(19)17(10)18)21-8-11-2-4-14-16(7-11)23-9-22-14/h2-5,7,10H,6,8-9H2,1H3. The molecule has 0 amide bonds. The van der Waals surface area contributed by atoms with E-state index in [9.17, 15) is 9.18 Å². The predicted molar refractivity (Wildman–Crippen MR) is 80.7 cm³/mol. The Hall–Kier alpha value is -2.56. The van der Waals surface area contributed by atoms with Crippen molar-refractivity contribution >= 4 is 5.78 Å². The average Bonchev–Trinajstić information content (AvgIpc) is 3.11. The Bertz CT molecular complexity index is 800. The van der Waals surface area contributed by atoms with Crippen LogP contribution in [0.25, 0.3) is 0 Å². The molecular formula is C18H15FO4. The predicted octanol–water partition coefficient (Wildman–Crippen LogP) is 3.82. The number of Topliss-reactive ketones (excluding diaryl/α,β-unsaturated/α-hetero) is 1. The van der Waals surface area contributed by atoms with E-state index in [4.69, 9.17) is 14.2 Å². The molecule has 0 fully saturated rings. The van der Waals surface area contributed by atoms with Gasteiger partial charge in [-0.2, -0.15) is 0 Å². The molecule has 1 aliphatic heterocycles. The molecule has 1 aliphatic carbocycles. The van der Waals surface area contributed by atoms with Crippen molar-refractivity contribution in [1.29, 1.82) is 0 Å². The fraction of sp³-hybridized carbons (Fsp3) is 0.278. The first-order valence-electron chi connectivity index (χ1n) is 7.50. The summed E-state index contributed by atoms with van der Waals surface area (Å²) in [6, 6.07) is 8.43. The minimum atomic E-state index is -0.339. The van der Waals surface area contributed by atoms with Gasteiger partial charge < -0.3 is 14.2 Å². The highest BCUT2D eigenvalue weighted by molar-refractivity contribution is 6.03. The second kappa shape index (κ2) is 5.26. The van der Waals surface area contributed by atoms with Gasteiger partial charge in [0.1, 0.15) is 18.2 Å². The Morgan fingerprint density at radius 2 is 2.04 bits per heavy atom. The van der Waals surface area contributed by atoms with E-state index >= 15 is 0 Å². The van der Waals surface area contributed by atoms with E-state index in [2.05, 4.69) is 0 Å². The van der Waals surface area contributed by atoms with Crippen LogP contribution in [0.3, 0.4) is 0 Å². The number of ether oxygens (including phenoxy) is 3. The smallest absolute Gasteiger partial charge is 0.231 e. The van der Waals surface area contributed by atoms with Gasteiger partial charge in [0.25, 0.3) is 0 Å². The van der Waals surface area contributed by atoms with Crippen LogP contribution >= 0.6 is 0 Å². The lowest BCUT2D eigenvalue weighted by Crippen LogP contribution is -2.02. The number of hydrogen-bond acceptors (Lipinski definition) is 4.